The van der Waals surface area contributed by atoms with Gasteiger partial charge in [-0.05, 0) is 44.8 Å². The van der Waals surface area contributed by atoms with Crippen molar-refractivity contribution >= 4 is 78.7 Å². The lowest BCUT2D eigenvalue weighted by Gasteiger charge is -2.21. The SMILES string of the molecule is Cc1cc(Cl)cc2sc(N(CCN(C)C)C(=O)c3cc(Cl)sc3Cl)nc12. The molecule has 0 aliphatic carbocycles. The fraction of sp³-hybridized carbons (Fsp3) is 0.294. The topological polar surface area (TPSA) is 36.4 Å². The third kappa shape index (κ3) is 4.16. The first-order chi connectivity index (χ1) is 12.3. The zero-order valence-electron chi connectivity index (χ0n) is 14.3. The lowest BCUT2D eigenvalue weighted by atomic mass is 10.2. The van der Waals surface area contributed by atoms with E-state index < -0.39 is 0 Å². The molecule has 26 heavy (non-hydrogen) atoms. The molecule has 0 bridgehead atoms. The summed E-state index contributed by atoms with van der Waals surface area (Å²) in [5.41, 5.74) is 2.23. The maximum absolute atomic E-state index is 13.1. The molecule has 0 aliphatic heterocycles. The first kappa shape index (κ1) is 19.9. The standard InChI is InChI=1S/C17H16Cl3N3OS2/c1-9-6-10(18)7-12-14(9)21-17(25-12)23(5-4-22(2)3)16(24)11-8-13(19)26-15(11)20/h6-8H,4-5H2,1-3H3. The number of aryl methyl sites for hydroxylation is 1. The molecule has 0 aliphatic rings. The highest BCUT2D eigenvalue weighted by atomic mass is 35.5. The summed E-state index contributed by atoms with van der Waals surface area (Å²) in [7, 11) is 3.92. The Bertz CT molecular complexity index is 968. The molecule has 0 radical (unpaired) electrons. The van der Waals surface area contributed by atoms with Crippen LogP contribution in [0, 0.1) is 6.92 Å². The molecule has 0 spiro atoms. The number of halogens is 3. The zero-order chi connectivity index (χ0) is 19.0. The number of thiazole rings is 1. The Morgan fingerprint density at radius 2 is 1.85 bits per heavy atom. The third-order valence-electron chi connectivity index (χ3n) is 3.77. The first-order valence-electron chi connectivity index (χ1n) is 7.74. The van der Waals surface area contributed by atoms with Crippen molar-refractivity contribution in [2.45, 2.75) is 6.92 Å². The Labute approximate surface area is 174 Å². The van der Waals surface area contributed by atoms with Crippen molar-refractivity contribution in [1.29, 1.82) is 0 Å². The summed E-state index contributed by atoms with van der Waals surface area (Å²) in [6.07, 6.45) is 0. The summed E-state index contributed by atoms with van der Waals surface area (Å²) in [5.74, 6) is -0.206. The fourth-order valence-electron chi connectivity index (χ4n) is 2.47. The summed E-state index contributed by atoms with van der Waals surface area (Å²) in [4.78, 5) is 21.5. The van der Waals surface area contributed by atoms with Crippen LogP contribution in [0.15, 0.2) is 18.2 Å². The second kappa shape index (κ2) is 8.00. The molecule has 0 unspecified atom stereocenters. The van der Waals surface area contributed by atoms with E-state index in [2.05, 4.69) is 4.98 Å². The van der Waals surface area contributed by atoms with Crippen LogP contribution in [0.25, 0.3) is 10.2 Å². The molecule has 138 valence electrons. The van der Waals surface area contributed by atoms with Crippen LogP contribution in [0.5, 0.6) is 0 Å². The number of rotatable bonds is 5. The molecule has 0 N–H and O–H groups in total. The minimum absolute atomic E-state index is 0.206. The van der Waals surface area contributed by atoms with Gasteiger partial charge in [0.2, 0.25) is 0 Å². The van der Waals surface area contributed by atoms with E-state index >= 15 is 0 Å². The van der Waals surface area contributed by atoms with E-state index in [1.807, 2.05) is 38.1 Å². The second-order valence-corrected chi connectivity index (χ2v) is 9.79. The molecular formula is C17H16Cl3N3OS2. The first-order valence-corrected chi connectivity index (χ1v) is 10.5. The van der Waals surface area contributed by atoms with Crippen LogP contribution in [0.3, 0.4) is 0 Å². The highest BCUT2D eigenvalue weighted by molar-refractivity contribution is 7.22. The van der Waals surface area contributed by atoms with Gasteiger partial charge < -0.3 is 4.90 Å². The lowest BCUT2D eigenvalue weighted by molar-refractivity contribution is 0.0986. The van der Waals surface area contributed by atoms with Crippen molar-refractivity contribution in [2.75, 3.05) is 32.1 Å². The van der Waals surface area contributed by atoms with Crippen LogP contribution < -0.4 is 4.90 Å². The Morgan fingerprint density at radius 3 is 2.46 bits per heavy atom. The number of aromatic nitrogens is 1. The van der Waals surface area contributed by atoms with Gasteiger partial charge in [0.25, 0.3) is 5.91 Å². The molecule has 1 amide bonds. The number of fused-ring (bicyclic) bond motifs is 1. The highest BCUT2D eigenvalue weighted by Gasteiger charge is 2.25. The molecule has 2 heterocycles. The lowest BCUT2D eigenvalue weighted by Crippen LogP contribution is -2.36. The van der Waals surface area contributed by atoms with E-state index in [1.54, 1.807) is 11.0 Å². The Hall–Kier alpha value is -0.890. The minimum Gasteiger partial charge on any atom is -0.308 e. The number of anilines is 1. The number of hydrogen-bond acceptors (Lipinski definition) is 5. The molecular weight excluding hydrogens is 433 g/mol. The van der Waals surface area contributed by atoms with Gasteiger partial charge in [0.15, 0.2) is 5.13 Å². The number of amides is 1. The van der Waals surface area contributed by atoms with Gasteiger partial charge in [0.05, 0.1) is 20.1 Å². The Morgan fingerprint density at radius 1 is 1.12 bits per heavy atom. The van der Waals surface area contributed by atoms with Crippen LogP contribution in [0.1, 0.15) is 15.9 Å². The summed E-state index contributed by atoms with van der Waals surface area (Å²) in [6, 6.07) is 5.35. The maximum Gasteiger partial charge on any atom is 0.262 e. The van der Waals surface area contributed by atoms with Crippen LogP contribution in [-0.4, -0.2) is 43.0 Å². The maximum atomic E-state index is 13.1. The molecule has 4 nitrogen and oxygen atoms in total. The summed E-state index contributed by atoms with van der Waals surface area (Å²) < 4.78 is 1.81. The van der Waals surface area contributed by atoms with Crippen LogP contribution in [0.4, 0.5) is 5.13 Å². The Balaban J connectivity index is 2.04. The fourth-order valence-corrected chi connectivity index (χ4v) is 5.37. The molecule has 9 heteroatoms. The predicted molar refractivity (Wildman–Crippen MR) is 114 cm³/mol. The van der Waals surface area contributed by atoms with Gasteiger partial charge in [0, 0.05) is 18.1 Å². The van der Waals surface area contributed by atoms with Gasteiger partial charge >= 0.3 is 0 Å². The number of hydrogen-bond donors (Lipinski definition) is 0. The van der Waals surface area contributed by atoms with E-state index in [1.165, 1.54) is 22.7 Å². The quantitative estimate of drug-likeness (QED) is 0.492. The average Bonchev–Trinajstić information content (AvgIpc) is 3.10. The zero-order valence-corrected chi connectivity index (χ0v) is 18.2. The molecule has 0 fully saturated rings. The molecule has 1 aromatic carbocycles. The van der Waals surface area contributed by atoms with Crippen molar-refractivity contribution in [3.63, 3.8) is 0 Å². The van der Waals surface area contributed by atoms with Crippen LogP contribution in [-0.2, 0) is 0 Å². The van der Waals surface area contributed by atoms with Crippen LogP contribution in [0.2, 0.25) is 13.7 Å². The number of carbonyl (C=O) groups excluding carboxylic acids is 1. The van der Waals surface area contributed by atoms with Gasteiger partial charge in [-0.25, -0.2) is 4.98 Å². The predicted octanol–water partition coefficient (Wildman–Crippen LogP) is 5.83. The molecule has 3 rings (SSSR count). The third-order valence-corrected chi connectivity index (χ3v) is 6.50. The summed E-state index contributed by atoms with van der Waals surface area (Å²) in [5, 5.41) is 1.28. The van der Waals surface area contributed by atoms with Crippen molar-refractivity contribution in [2.24, 2.45) is 0 Å². The average molecular weight is 449 g/mol. The molecule has 2 aromatic heterocycles. The number of thiophene rings is 1. The van der Waals surface area contributed by atoms with E-state index in [9.17, 15) is 4.79 Å². The van der Waals surface area contributed by atoms with E-state index in [4.69, 9.17) is 34.8 Å². The van der Waals surface area contributed by atoms with Crippen molar-refractivity contribution in [1.82, 2.24) is 9.88 Å². The molecule has 3 aromatic rings. The van der Waals surface area contributed by atoms with Crippen molar-refractivity contribution in [3.05, 3.63) is 43.0 Å². The van der Waals surface area contributed by atoms with E-state index in [0.717, 1.165) is 15.8 Å². The van der Waals surface area contributed by atoms with Gasteiger partial charge in [-0.2, -0.15) is 0 Å². The normalized spacial score (nSPS) is 11.5. The van der Waals surface area contributed by atoms with Gasteiger partial charge in [-0.15, -0.1) is 11.3 Å². The molecule has 0 atom stereocenters. The second-order valence-electron chi connectivity index (χ2n) is 6.06. The minimum atomic E-state index is -0.206. The molecule has 0 saturated heterocycles. The number of likely N-dealkylation sites (N-methyl/N-ethyl adjacent to an activating group) is 1. The smallest absolute Gasteiger partial charge is 0.262 e. The van der Waals surface area contributed by atoms with E-state index in [0.29, 0.717) is 37.5 Å². The Kier molecular flexibility index (Phi) is 6.11. The monoisotopic (exact) mass is 447 g/mol. The van der Waals surface area contributed by atoms with Gasteiger partial charge in [-0.1, -0.05) is 46.1 Å². The largest absolute Gasteiger partial charge is 0.308 e. The van der Waals surface area contributed by atoms with Gasteiger partial charge in [-0.3, -0.25) is 9.69 Å². The summed E-state index contributed by atoms with van der Waals surface area (Å²) >= 11 is 21.0. The van der Waals surface area contributed by atoms with Crippen molar-refractivity contribution < 1.29 is 4.79 Å². The van der Waals surface area contributed by atoms with E-state index in [-0.39, 0.29) is 5.91 Å². The summed E-state index contributed by atoms with van der Waals surface area (Å²) in [6.45, 7) is 3.14. The molecule has 0 saturated carbocycles. The van der Waals surface area contributed by atoms with Crippen LogP contribution >= 0.6 is 57.5 Å². The number of nitrogens with zero attached hydrogens (tertiary/aromatic N) is 3. The number of carbonyl (C=O) groups is 1. The van der Waals surface area contributed by atoms with Crippen molar-refractivity contribution in [3.8, 4) is 0 Å². The van der Waals surface area contributed by atoms with Gasteiger partial charge in [0.1, 0.15) is 4.34 Å². The highest BCUT2D eigenvalue weighted by Crippen LogP contribution is 2.36. The number of benzene rings is 1.